The van der Waals surface area contributed by atoms with Gasteiger partial charge in [-0.2, -0.15) is 0 Å². The number of piperidine rings is 1. The maximum absolute atomic E-state index is 12.5. The molecule has 1 aliphatic heterocycles. The van der Waals surface area contributed by atoms with Gasteiger partial charge in [-0.3, -0.25) is 4.79 Å². The van der Waals surface area contributed by atoms with Crippen molar-refractivity contribution in [3.8, 4) is 0 Å². The Kier molecular flexibility index (Phi) is 4.19. The third kappa shape index (κ3) is 3.61. The molecule has 0 radical (unpaired) electrons. The second-order valence-electron chi connectivity index (χ2n) is 6.24. The first-order chi connectivity index (χ1) is 9.26. The Bertz CT molecular complexity index is 485. The molecular weight excluding hydrogens is 274 g/mol. The number of thiazole rings is 1. The van der Waals surface area contributed by atoms with E-state index >= 15 is 0 Å². The van der Waals surface area contributed by atoms with Gasteiger partial charge in [0.05, 0.1) is 0 Å². The monoisotopic (exact) mass is 297 g/mol. The normalized spacial score (nSPS) is 17.3. The van der Waals surface area contributed by atoms with E-state index in [0.29, 0.717) is 28.9 Å². The summed E-state index contributed by atoms with van der Waals surface area (Å²) in [6.07, 6.45) is 1.69. The van der Waals surface area contributed by atoms with Crippen molar-refractivity contribution >= 4 is 28.2 Å². The standard InChI is InChI=1S/C13H23N5OS/c1-13(2,3)17-12-16-10(15)9(20-12)11(19)18-6-4-8(14)5-7-18/h8H,4-7,14-15H2,1-3H3,(H,16,17). The highest BCUT2D eigenvalue weighted by Gasteiger charge is 2.26. The largest absolute Gasteiger partial charge is 0.382 e. The van der Waals surface area contributed by atoms with Gasteiger partial charge in [0.1, 0.15) is 10.7 Å². The molecule has 112 valence electrons. The Morgan fingerprint density at radius 3 is 2.55 bits per heavy atom. The molecule has 0 atom stereocenters. The number of nitrogen functional groups attached to an aromatic ring is 1. The average molecular weight is 297 g/mol. The molecule has 1 aromatic heterocycles. The third-order valence-electron chi connectivity index (χ3n) is 3.16. The fourth-order valence-corrected chi connectivity index (χ4v) is 3.17. The van der Waals surface area contributed by atoms with Gasteiger partial charge in [-0.1, -0.05) is 11.3 Å². The molecule has 0 aliphatic carbocycles. The van der Waals surface area contributed by atoms with Gasteiger partial charge >= 0.3 is 0 Å². The van der Waals surface area contributed by atoms with E-state index in [-0.39, 0.29) is 17.5 Å². The van der Waals surface area contributed by atoms with Crippen molar-refractivity contribution in [2.24, 2.45) is 5.73 Å². The molecule has 1 aromatic rings. The summed E-state index contributed by atoms with van der Waals surface area (Å²) in [4.78, 5) is 19.0. The minimum atomic E-state index is -0.109. The lowest BCUT2D eigenvalue weighted by atomic mass is 10.1. The molecule has 1 saturated heterocycles. The number of hydrogen-bond acceptors (Lipinski definition) is 6. The van der Waals surface area contributed by atoms with Crippen LogP contribution in [0.2, 0.25) is 0 Å². The zero-order valence-electron chi connectivity index (χ0n) is 12.3. The molecular formula is C13H23N5OS. The van der Waals surface area contributed by atoms with Gasteiger partial charge in [-0.25, -0.2) is 4.98 Å². The highest BCUT2D eigenvalue weighted by atomic mass is 32.1. The molecule has 20 heavy (non-hydrogen) atoms. The van der Waals surface area contributed by atoms with Gasteiger partial charge in [0.2, 0.25) is 0 Å². The summed E-state index contributed by atoms with van der Waals surface area (Å²) in [5.74, 6) is 0.274. The number of carbonyl (C=O) groups excluding carboxylic acids is 1. The molecule has 1 amide bonds. The van der Waals surface area contributed by atoms with Gasteiger partial charge < -0.3 is 21.7 Å². The van der Waals surface area contributed by atoms with E-state index in [0.717, 1.165) is 12.8 Å². The average Bonchev–Trinajstić information content (AvgIpc) is 2.67. The number of carbonyl (C=O) groups is 1. The van der Waals surface area contributed by atoms with E-state index in [1.165, 1.54) is 11.3 Å². The van der Waals surface area contributed by atoms with Crippen molar-refractivity contribution in [3.05, 3.63) is 4.88 Å². The summed E-state index contributed by atoms with van der Waals surface area (Å²) in [6, 6.07) is 0.205. The number of anilines is 2. The lowest BCUT2D eigenvalue weighted by Gasteiger charge is -2.29. The molecule has 2 rings (SSSR count). The predicted octanol–water partition coefficient (Wildman–Crippen LogP) is 1.50. The Labute approximate surface area is 123 Å². The first-order valence-electron chi connectivity index (χ1n) is 6.85. The van der Waals surface area contributed by atoms with Crippen LogP contribution < -0.4 is 16.8 Å². The lowest BCUT2D eigenvalue weighted by molar-refractivity contribution is 0.0720. The summed E-state index contributed by atoms with van der Waals surface area (Å²) in [6.45, 7) is 7.51. The van der Waals surface area contributed by atoms with E-state index in [9.17, 15) is 4.79 Å². The molecule has 7 heteroatoms. The minimum absolute atomic E-state index is 0.0335. The van der Waals surface area contributed by atoms with Crippen LogP contribution in [-0.4, -0.2) is 40.5 Å². The van der Waals surface area contributed by atoms with E-state index in [2.05, 4.69) is 10.3 Å². The number of amides is 1. The summed E-state index contributed by atoms with van der Waals surface area (Å²) in [5, 5.41) is 3.93. The van der Waals surface area contributed by atoms with Crippen molar-refractivity contribution in [1.29, 1.82) is 0 Å². The van der Waals surface area contributed by atoms with Crippen LogP contribution in [0.5, 0.6) is 0 Å². The number of rotatable bonds is 2. The number of nitrogens with two attached hydrogens (primary N) is 2. The van der Waals surface area contributed by atoms with E-state index in [1.807, 2.05) is 25.7 Å². The molecule has 0 spiro atoms. The van der Waals surface area contributed by atoms with Gasteiger partial charge in [0.15, 0.2) is 5.13 Å². The van der Waals surface area contributed by atoms with Gasteiger partial charge in [-0.15, -0.1) is 0 Å². The van der Waals surface area contributed by atoms with Crippen LogP contribution in [0.1, 0.15) is 43.3 Å². The number of nitrogens with one attached hydrogen (secondary N) is 1. The van der Waals surface area contributed by atoms with Crippen molar-refractivity contribution in [2.45, 2.75) is 45.2 Å². The van der Waals surface area contributed by atoms with Crippen molar-refractivity contribution in [2.75, 3.05) is 24.1 Å². The maximum atomic E-state index is 12.5. The predicted molar refractivity (Wildman–Crippen MR) is 83.0 cm³/mol. The molecule has 1 fully saturated rings. The van der Waals surface area contributed by atoms with Crippen LogP contribution in [0.25, 0.3) is 0 Å². The SMILES string of the molecule is CC(C)(C)Nc1nc(N)c(C(=O)N2CCC(N)CC2)s1. The van der Waals surface area contributed by atoms with Crippen LogP contribution in [0.15, 0.2) is 0 Å². The Hall–Kier alpha value is -1.34. The van der Waals surface area contributed by atoms with Gasteiger partial charge in [0.25, 0.3) is 5.91 Å². The summed E-state index contributed by atoms with van der Waals surface area (Å²) >= 11 is 1.32. The minimum Gasteiger partial charge on any atom is -0.382 e. The van der Waals surface area contributed by atoms with Crippen LogP contribution in [0.3, 0.4) is 0 Å². The van der Waals surface area contributed by atoms with E-state index in [1.54, 1.807) is 0 Å². The summed E-state index contributed by atoms with van der Waals surface area (Å²) in [7, 11) is 0. The first kappa shape index (κ1) is 15.1. The van der Waals surface area contributed by atoms with Gasteiger partial charge in [-0.05, 0) is 33.6 Å². The van der Waals surface area contributed by atoms with Crippen LogP contribution in [0.4, 0.5) is 10.9 Å². The van der Waals surface area contributed by atoms with Crippen molar-refractivity contribution in [3.63, 3.8) is 0 Å². The maximum Gasteiger partial charge on any atom is 0.267 e. The van der Waals surface area contributed by atoms with Crippen LogP contribution >= 0.6 is 11.3 Å². The molecule has 0 bridgehead atoms. The fraction of sp³-hybridized carbons (Fsp3) is 0.692. The highest BCUT2D eigenvalue weighted by Crippen LogP contribution is 2.29. The second kappa shape index (κ2) is 5.57. The second-order valence-corrected chi connectivity index (χ2v) is 7.24. The zero-order chi connectivity index (χ0) is 14.9. The van der Waals surface area contributed by atoms with Crippen LogP contribution in [0, 0.1) is 0 Å². The quantitative estimate of drug-likeness (QED) is 0.768. The molecule has 0 unspecified atom stereocenters. The Balaban J connectivity index is 2.10. The topological polar surface area (TPSA) is 97.3 Å². The number of nitrogens with zero attached hydrogens (tertiary/aromatic N) is 2. The first-order valence-corrected chi connectivity index (χ1v) is 7.67. The Morgan fingerprint density at radius 1 is 1.40 bits per heavy atom. The van der Waals surface area contributed by atoms with E-state index < -0.39 is 0 Å². The lowest BCUT2D eigenvalue weighted by Crippen LogP contribution is -2.42. The third-order valence-corrected chi connectivity index (χ3v) is 4.13. The molecule has 2 heterocycles. The number of likely N-dealkylation sites (tertiary alicyclic amines) is 1. The number of hydrogen-bond donors (Lipinski definition) is 3. The number of aromatic nitrogens is 1. The smallest absolute Gasteiger partial charge is 0.267 e. The van der Waals surface area contributed by atoms with Gasteiger partial charge in [0, 0.05) is 24.7 Å². The molecule has 0 aromatic carbocycles. The zero-order valence-corrected chi connectivity index (χ0v) is 13.1. The molecule has 6 nitrogen and oxygen atoms in total. The molecule has 5 N–H and O–H groups in total. The fourth-order valence-electron chi connectivity index (χ4n) is 2.11. The highest BCUT2D eigenvalue weighted by molar-refractivity contribution is 7.18. The summed E-state index contributed by atoms with van der Waals surface area (Å²) < 4.78 is 0. The molecule has 1 aliphatic rings. The van der Waals surface area contributed by atoms with Crippen LogP contribution in [-0.2, 0) is 0 Å². The van der Waals surface area contributed by atoms with Crippen molar-refractivity contribution in [1.82, 2.24) is 9.88 Å². The van der Waals surface area contributed by atoms with E-state index in [4.69, 9.17) is 11.5 Å². The van der Waals surface area contributed by atoms with Crippen molar-refractivity contribution < 1.29 is 4.79 Å². The Morgan fingerprint density at radius 2 is 2.00 bits per heavy atom. The summed E-state index contributed by atoms with van der Waals surface area (Å²) in [5.41, 5.74) is 11.6. The molecule has 0 saturated carbocycles.